The summed E-state index contributed by atoms with van der Waals surface area (Å²) in [5.41, 5.74) is 2.05. The Morgan fingerprint density at radius 2 is 2.19 bits per heavy atom. The van der Waals surface area contributed by atoms with Crippen LogP contribution in [0.15, 0.2) is 12.3 Å². The molecule has 1 rings (SSSR count). The second-order valence-electron chi connectivity index (χ2n) is 4.49. The molecule has 0 aliphatic heterocycles. The Labute approximate surface area is 98.2 Å². The first kappa shape index (κ1) is 12.8. The summed E-state index contributed by atoms with van der Waals surface area (Å²) in [6, 6.07) is 2.02. The van der Waals surface area contributed by atoms with Crippen LogP contribution in [-0.2, 0) is 0 Å². The van der Waals surface area contributed by atoms with Gasteiger partial charge in [0.15, 0.2) is 5.75 Å². The Morgan fingerprint density at radius 3 is 2.81 bits per heavy atom. The van der Waals surface area contributed by atoms with E-state index in [1.165, 1.54) is 12.8 Å². The molecule has 0 saturated carbocycles. The number of ether oxygens (including phenoxy) is 1. The number of rotatable bonds is 6. The number of nitrogens with zero attached hydrogens (tertiary/aromatic N) is 1. The molecule has 16 heavy (non-hydrogen) atoms. The molecule has 0 aliphatic rings. The summed E-state index contributed by atoms with van der Waals surface area (Å²) in [5, 5.41) is 3.40. The first-order valence-electron chi connectivity index (χ1n) is 5.88. The largest absolute Gasteiger partial charge is 0.493 e. The fourth-order valence-electron chi connectivity index (χ4n) is 1.58. The first-order chi connectivity index (χ1) is 7.63. The van der Waals surface area contributed by atoms with Gasteiger partial charge in [-0.05, 0) is 31.7 Å². The predicted octanol–water partition coefficient (Wildman–Crippen LogP) is 3.25. The lowest BCUT2D eigenvalue weighted by Crippen LogP contribution is -2.05. The average Bonchev–Trinajstić information content (AvgIpc) is 2.24. The minimum absolute atomic E-state index is 0.767. The zero-order valence-corrected chi connectivity index (χ0v) is 10.7. The SMILES string of the molecule is COc1cnc(C)cc1NCCCC(C)C. The van der Waals surface area contributed by atoms with Crippen LogP contribution in [0.2, 0.25) is 0 Å². The molecule has 1 heterocycles. The minimum atomic E-state index is 0.767. The van der Waals surface area contributed by atoms with Gasteiger partial charge in [-0.1, -0.05) is 13.8 Å². The van der Waals surface area contributed by atoms with Crippen LogP contribution in [0.5, 0.6) is 5.75 Å². The third-order valence-corrected chi connectivity index (χ3v) is 2.50. The Balaban J connectivity index is 2.48. The Morgan fingerprint density at radius 1 is 1.44 bits per heavy atom. The van der Waals surface area contributed by atoms with Crippen molar-refractivity contribution < 1.29 is 4.74 Å². The number of anilines is 1. The molecule has 0 aliphatic carbocycles. The van der Waals surface area contributed by atoms with Gasteiger partial charge in [0.2, 0.25) is 0 Å². The number of hydrogen-bond donors (Lipinski definition) is 1. The van der Waals surface area contributed by atoms with Crippen LogP contribution in [0, 0.1) is 12.8 Å². The number of pyridine rings is 1. The molecule has 0 bridgehead atoms. The van der Waals surface area contributed by atoms with Crippen LogP contribution in [0.1, 0.15) is 32.4 Å². The van der Waals surface area contributed by atoms with Gasteiger partial charge in [-0.25, -0.2) is 0 Å². The van der Waals surface area contributed by atoms with Crippen molar-refractivity contribution in [2.45, 2.75) is 33.6 Å². The summed E-state index contributed by atoms with van der Waals surface area (Å²) in [5.74, 6) is 1.58. The van der Waals surface area contributed by atoms with E-state index in [0.717, 1.165) is 29.6 Å². The molecule has 0 saturated heterocycles. The summed E-state index contributed by atoms with van der Waals surface area (Å²) >= 11 is 0. The third-order valence-electron chi connectivity index (χ3n) is 2.50. The molecule has 3 nitrogen and oxygen atoms in total. The van der Waals surface area contributed by atoms with Crippen molar-refractivity contribution in [2.24, 2.45) is 5.92 Å². The van der Waals surface area contributed by atoms with E-state index in [1.54, 1.807) is 13.3 Å². The van der Waals surface area contributed by atoms with Gasteiger partial charge >= 0.3 is 0 Å². The molecular weight excluding hydrogens is 200 g/mol. The monoisotopic (exact) mass is 222 g/mol. The lowest BCUT2D eigenvalue weighted by molar-refractivity contribution is 0.414. The van der Waals surface area contributed by atoms with Crippen LogP contribution >= 0.6 is 0 Å². The maximum Gasteiger partial charge on any atom is 0.160 e. The van der Waals surface area contributed by atoms with Gasteiger partial charge in [0.1, 0.15) is 0 Å². The molecule has 0 spiro atoms. The van der Waals surface area contributed by atoms with E-state index < -0.39 is 0 Å². The van der Waals surface area contributed by atoms with E-state index >= 15 is 0 Å². The number of nitrogens with one attached hydrogen (secondary N) is 1. The highest BCUT2D eigenvalue weighted by Crippen LogP contribution is 2.23. The minimum Gasteiger partial charge on any atom is -0.493 e. The van der Waals surface area contributed by atoms with Gasteiger partial charge in [-0.15, -0.1) is 0 Å². The van der Waals surface area contributed by atoms with Gasteiger partial charge < -0.3 is 10.1 Å². The smallest absolute Gasteiger partial charge is 0.160 e. The fraction of sp³-hybridized carbons (Fsp3) is 0.615. The van der Waals surface area contributed by atoms with Crippen molar-refractivity contribution >= 4 is 5.69 Å². The third kappa shape index (κ3) is 4.09. The molecular formula is C13H22N2O. The van der Waals surface area contributed by atoms with Gasteiger partial charge in [-0.3, -0.25) is 4.98 Å². The molecule has 1 aromatic rings. The summed E-state index contributed by atoms with van der Waals surface area (Å²) < 4.78 is 5.25. The summed E-state index contributed by atoms with van der Waals surface area (Å²) in [4.78, 5) is 4.20. The summed E-state index contributed by atoms with van der Waals surface area (Å²) in [6.45, 7) is 7.46. The van der Waals surface area contributed by atoms with E-state index in [2.05, 4.69) is 24.1 Å². The maximum atomic E-state index is 5.25. The molecule has 0 fully saturated rings. The highest BCUT2D eigenvalue weighted by Gasteiger charge is 2.03. The van der Waals surface area contributed by atoms with Crippen LogP contribution in [0.3, 0.4) is 0 Å². The molecule has 3 heteroatoms. The molecule has 90 valence electrons. The van der Waals surface area contributed by atoms with Gasteiger partial charge in [0.25, 0.3) is 0 Å². The van der Waals surface area contributed by atoms with Crippen molar-refractivity contribution in [2.75, 3.05) is 19.0 Å². The summed E-state index contributed by atoms with van der Waals surface area (Å²) in [6.07, 6.45) is 4.20. The highest BCUT2D eigenvalue weighted by molar-refractivity contribution is 5.55. The van der Waals surface area contributed by atoms with Crippen molar-refractivity contribution in [1.29, 1.82) is 0 Å². The lowest BCUT2D eigenvalue weighted by Gasteiger charge is -2.11. The average molecular weight is 222 g/mol. The molecule has 1 aromatic heterocycles. The number of methoxy groups -OCH3 is 1. The lowest BCUT2D eigenvalue weighted by atomic mass is 10.1. The first-order valence-corrected chi connectivity index (χ1v) is 5.88. The van der Waals surface area contributed by atoms with Gasteiger partial charge in [0.05, 0.1) is 19.0 Å². The highest BCUT2D eigenvalue weighted by atomic mass is 16.5. The topological polar surface area (TPSA) is 34.1 Å². The quantitative estimate of drug-likeness (QED) is 0.750. The van der Waals surface area contributed by atoms with Crippen molar-refractivity contribution in [3.05, 3.63) is 18.0 Å². The van der Waals surface area contributed by atoms with Crippen LogP contribution in [0.25, 0.3) is 0 Å². The number of aryl methyl sites for hydroxylation is 1. The fourth-order valence-corrected chi connectivity index (χ4v) is 1.58. The summed E-state index contributed by atoms with van der Waals surface area (Å²) in [7, 11) is 1.67. The standard InChI is InChI=1S/C13H22N2O/c1-10(2)6-5-7-14-12-8-11(3)15-9-13(12)16-4/h8-10H,5-7H2,1-4H3,(H,14,15). The van der Waals surface area contributed by atoms with Crippen molar-refractivity contribution in [1.82, 2.24) is 4.98 Å². The predicted molar refractivity (Wildman–Crippen MR) is 68.1 cm³/mol. The maximum absolute atomic E-state index is 5.25. The van der Waals surface area contributed by atoms with Gasteiger partial charge in [0, 0.05) is 12.2 Å². The second kappa shape index (κ2) is 6.36. The van der Waals surface area contributed by atoms with Crippen LogP contribution < -0.4 is 10.1 Å². The van der Waals surface area contributed by atoms with E-state index in [-0.39, 0.29) is 0 Å². The van der Waals surface area contributed by atoms with Gasteiger partial charge in [-0.2, -0.15) is 0 Å². The normalized spacial score (nSPS) is 10.6. The van der Waals surface area contributed by atoms with Crippen LogP contribution in [0.4, 0.5) is 5.69 Å². The molecule has 0 atom stereocenters. The van der Waals surface area contributed by atoms with Crippen LogP contribution in [-0.4, -0.2) is 18.6 Å². The molecule has 0 amide bonds. The van der Waals surface area contributed by atoms with E-state index in [9.17, 15) is 0 Å². The van der Waals surface area contributed by atoms with E-state index in [1.807, 2.05) is 13.0 Å². The molecule has 0 aromatic carbocycles. The number of aromatic nitrogens is 1. The number of hydrogen-bond acceptors (Lipinski definition) is 3. The van der Waals surface area contributed by atoms with Crippen molar-refractivity contribution in [3.63, 3.8) is 0 Å². The Hall–Kier alpha value is -1.25. The molecule has 0 unspecified atom stereocenters. The zero-order valence-electron chi connectivity index (χ0n) is 10.7. The van der Waals surface area contributed by atoms with E-state index in [4.69, 9.17) is 4.74 Å². The Kier molecular flexibility index (Phi) is 5.09. The molecule has 0 radical (unpaired) electrons. The Bertz CT molecular complexity index is 324. The second-order valence-corrected chi connectivity index (χ2v) is 4.49. The van der Waals surface area contributed by atoms with E-state index in [0.29, 0.717) is 0 Å². The van der Waals surface area contributed by atoms with Crippen molar-refractivity contribution in [3.8, 4) is 5.75 Å². The molecule has 1 N–H and O–H groups in total. The zero-order chi connectivity index (χ0) is 12.0.